The molecule has 0 N–H and O–H groups in total. The molecule has 0 aromatic carbocycles. The van der Waals surface area contributed by atoms with Crippen molar-refractivity contribution in [2.24, 2.45) is 39.7 Å². The number of hydrogen-bond acceptors (Lipinski definition) is 7. The zero-order chi connectivity index (χ0) is 21.7. The highest BCUT2D eigenvalue weighted by atomic mass is 31.2. The molecule has 4 aliphatic carbocycles. The normalized spacial score (nSPS) is 41.6. The number of allylic oxidation sites excluding steroid dienone is 1. The summed E-state index contributed by atoms with van der Waals surface area (Å²) in [5.41, 5.74) is 2.55. The Hall–Kier alpha value is -1.01. The molecule has 168 valence electrons. The number of phosphoric acid groups is 1. The zero-order valence-corrected chi connectivity index (χ0v) is 19.0. The van der Waals surface area contributed by atoms with Crippen LogP contribution in [-0.2, 0) is 18.7 Å². The van der Waals surface area contributed by atoms with Gasteiger partial charge in [-0.3, -0.25) is 4.79 Å². The summed E-state index contributed by atoms with van der Waals surface area (Å²) in [5, 5.41) is 4.08. The fourth-order valence-corrected chi connectivity index (χ4v) is 7.70. The molecule has 0 amide bonds. The number of oxime groups is 1. The van der Waals surface area contributed by atoms with Crippen LogP contribution in [0.25, 0.3) is 0 Å². The van der Waals surface area contributed by atoms with E-state index in [1.807, 2.05) is 13.0 Å². The van der Waals surface area contributed by atoms with Gasteiger partial charge in [0.25, 0.3) is 0 Å². The van der Waals surface area contributed by atoms with Gasteiger partial charge in [-0.05, 0) is 86.5 Å². The summed E-state index contributed by atoms with van der Waals surface area (Å²) >= 11 is 0. The molecule has 0 radical (unpaired) electrons. The van der Waals surface area contributed by atoms with Crippen molar-refractivity contribution in [2.75, 3.05) is 6.79 Å². The van der Waals surface area contributed by atoms with E-state index in [-0.39, 0.29) is 16.7 Å². The van der Waals surface area contributed by atoms with Gasteiger partial charge in [0, 0.05) is 12.3 Å². The number of carbonyl (C=O) groups excluding carboxylic acids is 1. The molecule has 0 saturated heterocycles. The predicted molar refractivity (Wildman–Crippen MR) is 108 cm³/mol. The number of fused-ring (bicyclic) bond motifs is 5. The molecule has 0 spiro atoms. The van der Waals surface area contributed by atoms with Gasteiger partial charge in [0.1, 0.15) is 0 Å². The molecule has 6 atom stereocenters. The van der Waals surface area contributed by atoms with E-state index in [1.165, 1.54) is 12.0 Å². The molecule has 0 heterocycles. The van der Waals surface area contributed by atoms with Gasteiger partial charge in [-0.25, -0.2) is 0 Å². The van der Waals surface area contributed by atoms with Gasteiger partial charge in [0.2, 0.25) is 6.79 Å². The van der Waals surface area contributed by atoms with Crippen LogP contribution in [0, 0.1) is 34.5 Å². The molecule has 3 fully saturated rings. The molecule has 0 aromatic rings. The third-order valence-corrected chi connectivity index (χ3v) is 9.36. The standard InChI is InChI=1S/C22H34NO6P/c1-14(23-28-13-29-30(25,26)27)18-6-7-19-17-5-4-15-12-16(24)8-10-21(15,2)20(17)9-11-22(18,19)3/h12,17-20H,4-11,13H2,1-3H3,(H2,25,26,27)/p-2/b23-14-/t17-,18+,19-,20-,21-,22+/m0/s1. The third-order valence-electron chi connectivity index (χ3n) is 8.94. The highest BCUT2D eigenvalue weighted by Gasteiger charge is 2.59. The number of phosphoric ester groups is 1. The molecule has 4 aliphatic rings. The number of rotatable bonds is 5. The molecule has 3 saturated carbocycles. The second-order valence-electron chi connectivity index (χ2n) is 10.2. The maximum absolute atomic E-state index is 12.0. The van der Waals surface area contributed by atoms with Crippen molar-refractivity contribution in [1.29, 1.82) is 0 Å². The summed E-state index contributed by atoms with van der Waals surface area (Å²) in [6.45, 7) is 6.02. The number of carbonyl (C=O) groups is 1. The summed E-state index contributed by atoms with van der Waals surface area (Å²) < 4.78 is 14.6. The van der Waals surface area contributed by atoms with Crippen molar-refractivity contribution in [3.05, 3.63) is 11.6 Å². The molecular weight excluding hydrogens is 405 g/mol. The summed E-state index contributed by atoms with van der Waals surface area (Å²) in [4.78, 5) is 38.0. The maximum atomic E-state index is 12.0. The van der Waals surface area contributed by atoms with Crippen LogP contribution in [0.4, 0.5) is 0 Å². The monoisotopic (exact) mass is 437 g/mol. The van der Waals surface area contributed by atoms with E-state index in [0.717, 1.165) is 44.2 Å². The summed E-state index contributed by atoms with van der Waals surface area (Å²) in [5.74, 6) is 2.53. The molecule has 0 aliphatic heterocycles. The minimum absolute atomic E-state index is 0.146. The van der Waals surface area contributed by atoms with Gasteiger partial charge in [-0.2, -0.15) is 0 Å². The van der Waals surface area contributed by atoms with Crippen LogP contribution < -0.4 is 9.79 Å². The zero-order valence-electron chi connectivity index (χ0n) is 18.1. The van der Waals surface area contributed by atoms with Crippen LogP contribution in [0.3, 0.4) is 0 Å². The topological polar surface area (TPSA) is 111 Å². The highest BCUT2D eigenvalue weighted by molar-refractivity contribution is 7.43. The first-order valence-electron chi connectivity index (χ1n) is 11.1. The van der Waals surface area contributed by atoms with E-state index in [0.29, 0.717) is 30.0 Å². The molecule has 8 heteroatoms. The smallest absolute Gasteiger partial charge is 0.220 e. The first-order chi connectivity index (χ1) is 14.0. The Bertz CT molecular complexity index is 818. The van der Waals surface area contributed by atoms with Crippen LogP contribution >= 0.6 is 7.82 Å². The number of hydrogen-bond donors (Lipinski definition) is 0. The Kier molecular flexibility index (Phi) is 5.80. The molecule has 30 heavy (non-hydrogen) atoms. The molecule has 0 aromatic heterocycles. The van der Waals surface area contributed by atoms with Crippen molar-refractivity contribution in [3.8, 4) is 0 Å². The second-order valence-corrected chi connectivity index (χ2v) is 11.4. The lowest BCUT2D eigenvalue weighted by Gasteiger charge is -2.58. The molecule has 0 bridgehead atoms. The van der Waals surface area contributed by atoms with Crippen molar-refractivity contribution in [1.82, 2.24) is 0 Å². The summed E-state index contributed by atoms with van der Waals surface area (Å²) in [6, 6.07) is 0. The van der Waals surface area contributed by atoms with Crippen LogP contribution in [0.1, 0.15) is 72.1 Å². The average molecular weight is 437 g/mol. The van der Waals surface area contributed by atoms with Gasteiger partial charge in [0.05, 0.1) is 13.5 Å². The second kappa shape index (κ2) is 7.84. The van der Waals surface area contributed by atoms with Crippen molar-refractivity contribution in [3.63, 3.8) is 0 Å². The van der Waals surface area contributed by atoms with E-state index < -0.39 is 14.6 Å². The summed E-state index contributed by atoms with van der Waals surface area (Å²) in [7, 11) is -5.05. The first-order valence-corrected chi connectivity index (χ1v) is 12.6. The molecular formula is C22H32NO6P-2. The van der Waals surface area contributed by atoms with Crippen LogP contribution in [-0.4, -0.2) is 18.3 Å². The van der Waals surface area contributed by atoms with Crippen LogP contribution in [0.2, 0.25) is 0 Å². The average Bonchev–Trinajstić information content (AvgIpc) is 3.02. The lowest BCUT2D eigenvalue weighted by atomic mass is 9.46. The molecule has 7 nitrogen and oxygen atoms in total. The van der Waals surface area contributed by atoms with Crippen molar-refractivity contribution < 1.29 is 28.5 Å². The lowest BCUT2D eigenvalue weighted by Crippen LogP contribution is -2.51. The minimum atomic E-state index is -5.05. The van der Waals surface area contributed by atoms with E-state index in [2.05, 4.69) is 23.5 Å². The van der Waals surface area contributed by atoms with E-state index in [4.69, 9.17) is 4.84 Å². The van der Waals surface area contributed by atoms with Crippen LogP contribution in [0.5, 0.6) is 0 Å². The Morgan fingerprint density at radius 1 is 1.17 bits per heavy atom. The highest BCUT2D eigenvalue weighted by Crippen LogP contribution is 2.66. The minimum Gasteiger partial charge on any atom is -0.790 e. The Labute approximate surface area is 178 Å². The Balaban J connectivity index is 1.48. The quantitative estimate of drug-likeness (QED) is 0.214. The summed E-state index contributed by atoms with van der Waals surface area (Å²) in [6.07, 6.45) is 10.3. The predicted octanol–water partition coefficient (Wildman–Crippen LogP) is 3.33. The van der Waals surface area contributed by atoms with E-state index in [1.54, 1.807) is 0 Å². The van der Waals surface area contributed by atoms with Crippen LogP contribution in [0.15, 0.2) is 16.8 Å². The van der Waals surface area contributed by atoms with E-state index >= 15 is 0 Å². The fraction of sp³-hybridized carbons (Fsp3) is 0.818. The molecule has 0 unspecified atom stereocenters. The Morgan fingerprint density at radius 3 is 2.67 bits per heavy atom. The largest absolute Gasteiger partial charge is 0.790 e. The van der Waals surface area contributed by atoms with Gasteiger partial charge in [-0.15, -0.1) is 0 Å². The first kappa shape index (κ1) is 22.2. The number of nitrogens with zero attached hydrogens (tertiary/aromatic N) is 1. The van der Waals surface area contributed by atoms with Gasteiger partial charge in [-0.1, -0.05) is 24.6 Å². The maximum Gasteiger partial charge on any atom is 0.220 e. The fourth-order valence-electron chi connectivity index (χ4n) is 7.53. The third kappa shape index (κ3) is 3.83. The van der Waals surface area contributed by atoms with Crippen molar-refractivity contribution >= 4 is 19.3 Å². The number of ketones is 1. The lowest BCUT2D eigenvalue weighted by molar-refractivity contribution is -0.346. The van der Waals surface area contributed by atoms with Gasteiger partial charge < -0.3 is 23.7 Å². The SMILES string of the molecule is C/C(=N/OCOP(=O)([O-])[O-])[C@H]1CC[C@H]2[C@@H]3CCC4=CC(=O)CC[C@]4(C)[C@H]3CC[C@]12C. The van der Waals surface area contributed by atoms with Gasteiger partial charge in [0.15, 0.2) is 5.78 Å². The molecule has 4 rings (SSSR count). The Morgan fingerprint density at radius 2 is 1.93 bits per heavy atom. The van der Waals surface area contributed by atoms with E-state index in [9.17, 15) is 19.1 Å². The van der Waals surface area contributed by atoms with Crippen molar-refractivity contribution in [2.45, 2.75) is 72.1 Å². The van der Waals surface area contributed by atoms with Gasteiger partial charge >= 0.3 is 0 Å².